The Balaban J connectivity index is 1.29. The first-order chi connectivity index (χ1) is 40.0. The molecule has 0 spiro atoms. The van der Waals surface area contributed by atoms with Crippen molar-refractivity contribution < 1.29 is 0 Å². The molecule has 82 heavy (non-hydrogen) atoms. The van der Waals surface area contributed by atoms with Crippen LogP contribution in [0.5, 0.6) is 0 Å². The van der Waals surface area contributed by atoms with Crippen LogP contribution in [0.25, 0.3) is 95.6 Å². The molecule has 0 aliphatic heterocycles. The molecule has 11 heteroatoms. The minimum atomic E-state index is 0.517. The number of benzene rings is 7. The third-order valence-corrected chi connectivity index (χ3v) is 17.1. The van der Waals surface area contributed by atoms with Crippen LogP contribution in [-0.4, -0.2) is 29.5 Å². The Morgan fingerprint density at radius 2 is 0.744 bits per heavy atom. The van der Waals surface area contributed by atoms with E-state index in [1.807, 2.05) is 36.4 Å². The lowest BCUT2D eigenvalue weighted by atomic mass is 9.98. The number of aryl methyl sites for hydroxylation is 5. The van der Waals surface area contributed by atoms with E-state index in [4.69, 9.17) is 24.9 Å². The molecular formula is C71H67I3N8. The summed E-state index contributed by atoms with van der Waals surface area (Å²) >= 11 is 7.32. The van der Waals surface area contributed by atoms with Crippen LogP contribution in [0.3, 0.4) is 0 Å². The summed E-state index contributed by atoms with van der Waals surface area (Å²) in [5, 5.41) is 22.2. The largest absolute Gasteiger partial charge is 0.308 e. The fourth-order valence-electron chi connectivity index (χ4n) is 11.0. The summed E-state index contributed by atoms with van der Waals surface area (Å²) in [5.41, 5.74) is 17.3. The molecule has 0 atom stereocenters. The number of hydrogen-bond acceptors (Lipinski definition) is 7. The van der Waals surface area contributed by atoms with Gasteiger partial charge in [-0.25, -0.2) is 24.9 Å². The highest BCUT2D eigenvalue weighted by Crippen LogP contribution is 2.40. The number of fused-ring (bicyclic) bond motifs is 3. The molecule has 10 aromatic rings. The summed E-state index contributed by atoms with van der Waals surface area (Å²) in [5.74, 6) is 2.39. The first-order valence-electron chi connectivity index (χ1n) is 29.2. The Hall–Kier alpha value is -6.40. The third kappa shape index (κ3) is 13.6. The lowest BCUT2D eigenvalue weighted by molar-refractivity contribution is 0.780. The van der Waals surface area contributed by atoms with Crippen LogP contribution < -0.4 is 0 Å². The number of nitrogens with zero attached hydrogens (tertiary/aromatic N) is 8. The van der Waals surface area contributed by atoms with Gasteiger partial charge in [0.15, 0.2) is 23.3 Å². The number of aromatic nitrogens is 6. The van der Waals surface area contributed by atoms with Crippen LogP contribution in [0.1, 0.15) is 138 Å². The number of hydrogen-bond donors (Lipinski definition) is 0. The molecule has 3 heterocycles. The van der Waals surface area contributed by atoms with Gasteiger partial charge in [-0.1, -0.05) is 78.9 Å². The molecule has 3 aromatic heterocycles. The second kappa shape index (κ2) is 27.3. The minimum absolute atomic E-state index is 0.517. The van der Waals surface area contributed by atoms with E-state index >= 15 is 0 Å². The Kier molecular flexibility index (Phi) is 19.6. The summed E-state index contributed by atoms with van der Waals surface area (Å²) < 4.78 is 5.68. The highest BCUT2D eigenvalue weighted by atomic mass is 127. The zero-order valence-electron chi connectivity index (χ0n) is 47.5. The molecule has 0 unspecified atom stereocenters. The van der Waals surface area contributed by atoms with Crippen molar-refractivity contribution in [2.45, 2.75) is 131 Å². The van der Waals surface area contributed by atoms with Gasteiger partial charge < -0.3 is 4.57 Å². The molecule has 10 rings (SSSR count). The smallest absolute Gasteiger partial charge is 0.166 e. The SMILES string of the molecule is CCCCc1cc(I)cc(-c2cc(-c3ccc(-n4c5ccc(C#N)cc5c5cc(C#N)ccc54)c(-c4nc(-c5cc(I)cc(CCCC)c5)nc(-c5cc(CCCC)cc(CCCC)c5)n4)c3)nc(-c3cc(I)cc(CCCC)c3)n2)c1. The maximum absolute atomic E-state index is 10.2. The molecule has 0 radical (unpaired) electrons. The maximum Gasteiger partial charge on any atom is 0.166 e. The van der Waals surface area contributed by atoms with E-state index in [0.717, 1.165) is 176 Å². The van der Waals surface area contributed by atoms with Crippen LogP contribution >= 0.6 is 67.8 Å². The van der Waals surface area contributed by atoms with Crippen molar-refractivity contribution in [2.75, 3.05) is 0 Å². The molecule has 0 N–H and O–H groups in total. The summed E-state index contributed by atoms with van der Waals surface area (Å²) in [7, 11) is 0. The number of unbranched alkanes of at least 4 members (excludes halogenated alkanes) is 5. The van der Waals surface area contributed by atoms with Crippen LogP contribution in [0.4, 0.5) is 0 Å². The highest BCUT2D eigenvalue weighted by Gasteiger charge is 2.23. The summed E-state index contributed by atoms with van der Waals surface area (Å²) in [4.78, 5) is 27.6. The van der Waals surface area contributed by atoms with Gasteiger partial charge in [0.25, 0.3) is 0 Å². The Morgan fingerprint density at radius 1 is 0.366 bits per heavy atom. The zero-order valence-corrected chi connectivity index (χ0v) is 54.0. The molecule has 0 aliphatic carbocycles. The maximum atomic E-state index is 10.2. The van der Waals surface area contributed by atoms with E-state index in [-0.39, 0.29) is 0 Å². The van der Waals surface area contributed by atoms with Gasteiger partial charge in [0.2, 0.25) is 0 Å². The van der Waals surface area contributed by atoms with E-state index < -0.39 is 0 Å². The lowest BCUT2D eigenvalue weighted by Crippen LogP contribution is -2.05. The molecule has 0 saturated heterocycles. The van der Waals surface area contributed by atoms with Gasteiger partial charge in [-0.05, 0) is 281 Å². The van der Waals surface area contributed by atoms with Gasteiger partial charge in [0.05, 0.1) is 51.4 Å². The van der Waals surface area contributed by atoms with Gasteiger partial charge in [-0.3, -0.25) is 0 Å². The van der Waals surface area contributed by atoms with Crippen molar-refractivity contribution in [3.8, 4) is 85.9 Å². The average molecular weight is 1410 g/mol. The molecule has 7 aromatic carbocycles. The Labute approximate surface area is 524 Å². The Bertz CT molecular complexity index is 3900. The summed E-state index contributed by atoms with van der Waals surface area (Å²) in [6.45, 7) is 11.2. The van der Waals surface area contributed by atoms with Crippen molar-refractivity contribution in [1.29, 1.82) is 10.5 Å². The summed E-state index contributed by atoms with van der Waals surface area (Å²) in [6.07, 6.45) is 15.9. The van der Waals surface area contributed by atoms with Crippen molar-refractivity contribution in [3.63, 3.8) is 0 Å². The fourth-order valence-corrected chi connectivity index (χ4v) is 13.2. The zero-order chi connectivity index (χ0) is 57.3. The highest BCUT2D eigenvalue weighted by molar-refractivity contribution is 14.1. The van der Waals surface area contributed by atoms with Gasteiger partial charge in [0, 0.05) is 54.9 Å². The average Bonchev–Trinajstić information content (AvgIpc) is 2.69. The molecule has 0 saturated carbocycles. The van der Waals surface area contributed by atoms with E-state index in [1.54, 1.807) is 0 Å². The monoisotopic (exact) mass is 1410 g/mol. The normalized spacial score (nSPS) is 11.4. The molecule has 0 bridgehead atoms. The lowest BCUT2D eigenvalue weighted by Gasteiger charge is -2.17. The first-order valence-corrected chi connectivity index (χ1v) is 32.4. The minimum Gasteiger partial charge on any atom is -0.308 e. The third-order valence-electron chi connectivity index (χ3n) is 15.2. The molecule has 0 aliphatic rings. The predicted molar refractivity (Wildman–Crippen MR) is 363 cm³/mol. The quantitative estimate of drug-likeness (QED) is 0.0620. The standard InChI is InChI=1S/C71H67I3N8/c1-6-11-16-45-27-46(17-12-7-2)30-54(29-45)69-79-70(56-32-49(20-15-10-5)35-59(74)40-56)81-71(80-69)62-41-52(23-26-67(62)82-65-24-21-50(43-75)36-60(65)61-37-51(44-76)22-25-66(61)82)63-42-64(53-28-47(18-13-8-3)33-57(72)38-53)78-68(77-63)55-31-48(19-14-9-4)34-58(73)39-55/h21-42H,6-20H2,1-5H3. The number of rotatable bonds is 22. The second-order valence-electron chi connectivity index (χ2n) is 21.6. The van der Waals surface area contributed by atoms with Crippen LogP contribution in [0, 0.1) is 33.4 Å². The van der Waals surface area contributed by atoms with E-state index in [9.17, 15) is 10.5 Å². The molecule has 412 valence electrons. The first kappa shape index (κ1) is 58.8. The van der Waals surface area contributed by atoms with E-state index in [2.05, 4.69) is 216 Å². The summed E-state index contributed by atoms with van der Waals surface area (Å²) in [6, 6.07) is 52.3. The molecule has 0 amide bonds. The van der Waals surface area contributed by atoms with Crippen LogP contribution in [0.2, 0.25) is 0 Å². The van der Waals surface area contributed by atoms with Crippen molar-refractivity contribution in [3.05, 3.63) is 183 Å². The fraction of sp³-hybridized carbons (Fsp3) is 0.282. The van der Waals surface area contributed by atoms with Crippen LogP contribution in [0.15, 0.2) is 133 Å². The van der Waals surface area contributed by atoms with E-state index in [1.165, 1.54) is 31.4 Å². The van der Waals surface area contributed by atoms with E-state index in [0.29, 0.717) is 34.4 Å². The van der Waals surface area contributed by atoms with Gasteiger partial charge >= 0.3 is 0 Å². The van der Waals surface area contributed by atoms with Crippen molar-refractivity contribution >= 4 is 89.6 Å². The predicted octanol–water partition coefficient (Wildman–Crippen LogP) is 20.0. The van der Waals surface area contributed by atoms with Gasteiger partial charge in [-0.15, -0.1) is 0 Å². The van der Waals surface area contributed by atoms with Crippen molar-refractivity contribution in [1.82, 2.24) is 29.5 Å². The van der Waals surface area contributed by atoms with Crippen molar-refractivity contribution in [2.24, 2.45) is 0 Å². The Morgan fingerprint density at radius 3 is 1.18 bits per heavy atom. The molecular weight excluding hydrogens is 1350 g/mol. The molecule has 0 fully saturated rings. The van der Waals surface area contributed by atoms with Gasteiger partial charge in [0.1, 0.15) is 0 Å². The molecule has 8 nitrogen and oxygen atoms in total. The number of nitriles is 2. The van der Waals surface area contributed by atoms with Gasteiger partial charge in [-0.2, -0.15) is 10.5 Å². The van der Waals surface area contributed by atoms with Crippen LogP contribution in [-0.2, 0) is 32.1 Å². The number of halogens is 3. The topological polar surface area (TPSA) is 117 Å². The second-order valence-corrected chi connectivity index (χ2v) is 25.4.